The van der Waals surface area contributed by atoms with E-state index in [2.05, 4.69) is 4.90 Å². The third kappa shape index (κ3) is 3.74. The van der Waals surface area contributed by atoms with Crippen LogP contribution in [0.5, 0.6) is 0 Å². The highest BCUT2D eigenvalue weighted by molar-refractivity contribution is 5.83. The number of aryl methyl sites for hydroxylation is 2. The number of fused-ring (bicyclic) bond motifs is 1. The fourth-order valence-corrected chi connectivity index (χ4v) is 2.53. The lowest BCUT2D eigenvalue weighted by Crippen LogP contribution is -2.30. The summed E-state index contributed by atoms with van der Waals surface area (Å²) in [5.41, 5.74) is 3.31. The van der Waals surface area contributed by atoms with Crippen molar-refractivity contribution in [2.45, 2.75) is 20.4 Å². The molecule has 22 heavy (non-hydrogen) atoms. The molecule has 0 spiro atoms. The Hall–Kier alpha value is -1.69. The maximum absolute atomic E-state index is 11.9. The largest absolute Gasteiger partial charge is 0.422 e. The Balaban J connectivity index is 2.41. The zero-order chi connectivity index (χ0) is 16.1. The van der Waals surface area contributed by atoms with Gasteiger partial charge in [-0.3, -0.25) is 4.90 Å². The number of methoxy groups -OCH3 is 1. The first-order valence-electron chi connectivity index (χ1n) is 7.42. The van der Waals surface area contributed by atoms with Crippen LogP contribution in [-0.4, -0.2) is 43.4 Å². The Morgan fingerprint density at radius 1 is 1.27 bits per heavy atom. The molecule has 2 rings (SSSR count). The molecule has 0 saturated heterocycles. The van der Waals surface area contributed by atoms with Crippen molar-refractivity contribution in [3.8, 4) is 0 Å². The van der Waals surface area contributed by atoms with Crippen LogP contribution in [0.3, 0.4) is 0 Å². The van der Waals surface area contributed by atoms with E-state index in [1.807, 2.05) is 26.0 Å². The van der Waals surface area contributed by atoms with Crippen molar-refractivity contribution in [1.82, 2.24) is 4.90 Å². The van der Waals surface area contributed by atoms with Crippen LogP contribution in [-0.2, 0) is 11.3 Å². The molecule has 5 heteroatoms. The first kappa shape index (κ1) is 16.7. The lowest BCUT2D eigenvalue weighted by molar-refractivity contribution is 0.127. The minimum Gasteiger partial charge on any atom is -0.422 e. The molecule has 1 aromatic heterocycles. The van der Waals surface area contributed by atoms with Gasteiger partial charge in [0.25, 0.3) is 0 Å². The van der Waals surface area contributed by atoms with Crippen molar-refractivity contribution >= 4 is 11.0 Å². The molecule has 0 bridgehead atoms. The summed E-state index contributed by atoms with van der Waals surface area (Å²) < 4.78 is 10.5. The lowest BCUT2D eigenvalue weighted by Gasteiger charge is -2.21. The first-order valence-corrected chi connectivity index (χ1v) is 7.42. The molecule has 0 fully saturated rings. The zero-order valence-corrected chi connectivity index (χ0v) is 13.4. The van der Waals surface area contributed by atoms with E-state index in [-0.39, 0.29) is 12.2 Å². The summed E-state index contributed by atoms with van der Waals surface area (Å²) in [4.78, 5) is 13.9. The fourth-order valence-electron chi connectivity index (χ4n) is 2.53. The van der Waals surface area contributed by atoms with E-state index in [0.717, 1.165) is 22.1 Å². The van der Waals surface area contributed by atoms with Crippen LogP contribution >= 0.6 is 0 Å². The minimum absolute atomic E-state index is 0.0707. The third-order valence-electron chi connectivity index (χ3n) is 3.94. The number of hydrogen-bond acceptors (Lipinski definition) is 5. The van der Waals surface area contributed by atoms with Gasteiger partial charge in [0, 0.05) is 38.2 Å². The molecule has 1 heterocycles. The molecule has 0 unspecified atom stereocenters. The molecular weight excluding hydrogens is 282 g/mol. The van der Waals surface area contributed by atoms with Crippen molar-refractivity contribution in [3.05, 3.63) is 45.3 Å². The second-order valence-corrected chi connectivity index (χ2v) is 5.47. The molecular formula is C17H23NO4. The first-order chi connectivity index (χ1) is 10.6. The smallest absolute Gasteiger partial charge is 0.336 e. The summed E-state index contributed by atoms with van der Waals surface area (Å²) >= 11 is 0. The number of ether oxygens (including phenoxy) is 1. The molecule has 5 nitrogen and oxygen atoms in total. The van der Waals surface area contributed by atoms with E-state index in [1.165, 1.54) is 6.07 Å². The second-order valence-electron chi connectivity index (χ2n) is 5.47. The molecule has 1 aromatic carbocycles. The van der Waals surface area contributed by atoms with Gasteiger partial charge in [-0.25, -0.2) is 4.79 Å². The van der Waals surface area contributed by atoms with Crippen molar-refractivity contribution < 1.29 is 14.3 Å². The van der Waals surface area contributed by atoms with Gasteiger partial charge in [0.05, 0.1) is 13.2 Å². The van der Waals surface area contributed by atoms with Gasteiger partial charge in [-0.1, -0.05) is 12.1 Å². The van der Waals surface area contributed by atoms with Gasteiger partial charge >= 0.3 is 5.63 Å². The standard InChI is InChI=1S/C17H23NO4/c1-12-4-5-15-14(10-16(20)22-17(15)13(12)2)11-18(6-8-19)7-9-21-3/h4-5,10,19H,6-9,11H2,1-3H3. The van der Waals surface area contributed by atoms with Crippen LogP contribution in [0.4, 0.5) is 0 Å². The lowest BCUT2D eigenvalue weighted by atomic mass is 10.0. The van der Waals surface area contributed by atoms with Gasteiger partial charge < -0.3 is 14.3 Å². The topological polar surface area (TPSA) is 62.9 Å². The van der Waals surface area contributed by atoms with Crippen LogP contribution in [0.1, 0.15) is 16.7 Å². The maximum Gasteiger partial charge on any atom is 0.336 e. The average molecular weight is 305 g/mol. The summed E-state index contributed by atoms with van der Waals surface area (Å²) in [6, 6.07) is 5.56. The van der Waals surface area contributed by atoms with Gasteiger partial charge in [-0.15, -0.1) is 0 Å². The van der Waals surface area contributed by atoms with Crippen LogP contribution in [0, 0.1) is 13.8 Å². The average Bonchev–Trinajstić information content (AvgIpc) is 2.49. The van der Waals surface area contributed by atoms with E-state index < -0.39 is 0 Å². The Labute approximate surface area is 130 Å². The normalized spacial score (nSPS) is 11.5. The molecule has 0 aliphatic heterocycles. The monoisotopic (exact) mass is 305 g/mol. The second kappa shape index (κ2) is 7.54. The van der Waals surface area contributed by atoms with Crippen LogP contribution in [0.15, 0.2) is 27.4 Å². The maximum atomic E-state index is 11.9. The highest BCUT2D eigenvalue weighted by atomic mass is 16.5. The Bertz CT molecular complexity index is 693. The van der Waals surface area contributed by atoms with Gasteiger partial charge in [-0.2, -0.15) is 0 Å². The Morgan fingerprint density at radius 3 is 2.73 bits per heavy atom. The molecule has 2 aromatic rings. The van der Waals surface area contributed by atoms with E-state index in [1.54, 1.807) is 7.11 Å². The summed E-state index contributed by atoms with van der Waals surface area (Å²) in [6.45, 7) is 6.42. The number of benzene rings is 1. The van der Waals surface area contributed by atoms with E-state index >= 15 is 0 Å². The molecule has 0 aliphatic carbocycles. The molecule has 0 aliphatic rings. The predicted molar refractivity (Wildman–Crippen MR) is 86.2 cm³/mol. The van der Waals surface area contributed by atoms with Crippen molar-refractivity contribution in [3.63, 3.8) is 0 Å². The quantitative estimate of drug-likeness (QED) is 0.791. The molecule has 120 valence electrons. The van der Waals surface area contributed by atoms with Gasteiger partial charge in [0.1, 0.15) is 5.58 Å². The van der Waals surface area contributed by atoms with Crippen molar-refractivity contribution in [2.24, 2.45) is 0 Å². The molecule has 0 atom stereocenters. The number of hydrogen-bond donors (Lipinski definition) is 1. The van der Waals surface area contributed by atoms with Gasteiger partial charge in [-0.05, 0) is 30.5 Å². The summed E-state index contributed by atoms with van der Waals surface area (Å²) in [7, 11) is 1.65. The fraction of sp³-hybridized carbons (Fsp3) is 0.471. The number of aliphatic hydroxyl groups is 1. The van der Waals surface area contributed by atoms with Crippen LogP contribution in [0.2, 0.25) is 0 Å². The minimum atomic E-state index is -0.341. The summed E-state index contributed by atoms with van der Waals surface area (Å²) in [5.74, 6) is 0. The number of aliphatic hydroxyl groups excluding tert-OH is 1. The summed E-state index contributed by atoms with van der Waals surface area (Å²) in [6.07, 6.45) is 0. The van der Waals surface area contributed by atoms with Crippen molar-refractivity contribution in [1.29, 1.82) is 0 Å². The van der Waals surface area contributed by atoms with E-state index in [4.69, 9.17) is 9.15 Å². The molecule has 1 N–H and O–H groups in total. The molecule has 0 radical (unpaired) electrons. The molecule has 0 saturated carbocycles. The highest BCUT2D eigenvalue weighted by Crippen LogP contribution is 2.24. The number of rotatable bonds is 7. The van der Waals surface area contributed by atoms with Gasteiger partial charge in [0.15, 0.2) is 0 Å². The zero-order valence-electron chi connectivity index (χ0n) is 13.4. The Morgan fingerprint density at radius 2 is 2.05 bits per heavy atom. The van der Waals surface area contributed by atoms with E-state index in [9.17, 15) is 9.90 Å². The molecule has 0 amide bonds. The van der Waals surface area contributed by atoms with Crippen LogP contribution < -0.4 is 5.63 Å². The number of nitrogens with zero attached hydrogens (tertiary/aromatic N) is 1. The van der Waals surface area contributed by atoms with Crippen LogP contribution in [0.25, 0.3) is 11.0 Å². The van der Waals surface area contributed by atoms with Crippen molar-refractivity contribution in [2.75, 3.05) is 33.4 Å². The van der Waals surface area contributed by atoms with E-state index in [0.29, 0.717) is 31.8 Å². The predicted octanol–water partition coefficient (Wildman–Crippen LogP) is 1.85. The van der Waals surface area contributed by atoms with Gasteiger partial charge in [0.2, 0.25) is 0 Å². The SMILES string of the molecule is COCCN(CCO)Cc1cc(=O)oc2c(C)c(C)ccc12. The highest BCUT2D eigenvalue weighted by Gasteiger charge is 2.12. The third-order valence-corrected chi connectivity index (χ3v) is 3.94. The Kier molecular flexibility index (Phi) is 5.71. The summed E-state index contributed by atoms with van der Waals surface area (Å²) in [5, 5.41) is 10.1.